The van der Waals surface area contributed by atoms with Crippen LogP contribution in [0.5, 0.6) is 0 Å². The molecule has 0 aliphatic rings. The lowest BCUT2D eigenvalue weighted by molar-refractivity contribution is 0.417. The van der Waals surface area contributed by atoms with Gasteiger partial charge in [0.15, 0.2) is 0 Å². The van der Waals surface area contributed by atoms with Crippen molar-refractivity contribution in [1.29, 1.82) is 0 Å². The molecule has 1 aromatic carbocycles. The minimum absolute atomic E-state index is 0.0967. The Bertz CT molecular complexity index is 557. The zero-order valence-corrected chi connectivity index (χ0v) is 13.2. The second-order valence-corrected chi connectivity index (χ2v) is 6.10. The molecule has 0 bridgehead atoms. The summed E-state index contributed by atoms with van der Waals surface area (Å²) in [6, 6.07) is 5.86. The minimum Gasteiger partial charge on any atom is -0.326 e. The minimum atomic E-state index is -0.0967. The van der Waals surface area contributed by atoms with Gasteiger partial charge in [0, 0.05) is 11.6 Å². The predicted octanol–water partition coefficient (Wildman–Crippen LogP) is 5.43. The number of halogens is 2. The first-order valence-corrected chi connectivity index (χ1v) is 7.68. The summed E-state index contributed by atoms with van der Waals surface area (Å²) in [7, 11) is 0. The molecule has 0 radical (unpaired) electrons. The van der Waals surface area contributed by atoms with Crippen LogP contribution in [0, 0.1) is 5.92 Å². The summed E-state index contributed by atoms with van der Waals surface area (Å²) >= 11 is 12.3. The monoisotopic (exact) mass is 298 g/mol. The Morgan fingerprint density at radius 1 is 1.26 bits per heavy atom. The summed E-state index contributed by atoms with van der Waals surface area (Å²) in [4.78, 5) is 4.64. The fraction of sp³-hybridized carbons (Fsp3) is 0.533. The van der Waals surface area contributed by atoms with E-state index in [2.05, 4.69) is 23.4 Å². The summed E-state index contributed by atoms with van der Waals surface area (Å²) < 4.78 is 2.25. The van der Waals surface area contributed by atoms with Crippen LogP contribution in [0.4, 0.5) is 0 Å². The standard InChI is InChI=1S/C15H20Cl2N2/c1-4-11(5-2)9-19-14-7-6-12(17)8-13(14)18-15(19)10(3)16/h6-8,10-11H,4-5,9H2,1-3H3. The summed E-state index contributed by atoms with van der Waals surface area (Å²) in [5.74, 6) is 1.59. The van der Waals surface area contributed by atoms with Gasteiger partial charge in [0.1, 0.15) is 5.82 Å². The highest BCUT2D eigenvalue weighted by molar-refractivity contribution is 6.31. The Morgan fingerprint density at radius 3 is 2.53 bits per heavy atom. The number of rotatable bonds is 5. The van der Waals surface area contributed by atoms with E-state index in [9.17, 15) is 0 Å². The van der Waals surface area contributed by atoms with Gasteiger partial charge < -0.3 is 4.57 Å². The normalized spacial score (nSPS) is 13.4. The third-order valence-electron chi connectivity index (χ3n) is 3.69. The molecule has 1 unspecified atom stereocenters. The lowest BCUT2D eigenvalue weighted by Crippen LogP contribution is -2.12. The predicted molar refractivity (Wildman–Crippen MR) is 83.1 cm³/mol. The molecule has 19 heavy (non-hydrogen) atoms. The third-order valence-corrected chi connectivity index (χ3v) is 4.12. The number of benzene rings is 1. The first kappa shape index (κ1) is 14.7. The Hall–Kier alpha value is -0.730. The molecule has 1 atom stereocenters. The first-order chi connectivity index (χ1) is 9.06. The molecule has 1 heterocycles. The first-order valence-electron chi connectivity index (χ1n) is 6.86. The van der Waals surface area contributed by atoms with E-state index < -0.39 is 0 Å². The van der Waals surface area contributed by atoms with Crippen LogP contribution in [0.15, 0.2) is 18.2 Å². The van der Waals surface area contributed by atoms with Crippen molar-refractivity contribution in [2.24, 2.45) is 5.92 Å². The highest BCUT2D eigenvalue weighted by Crippen LogP contribution is 2.28. The van der Waals surface area contributed by atoms with E-state index in [1.54, 1.807) is 0 Å². The van der Waals surface area contributed by atoms with Crippen molar-refractivity contribution < 1.29 is 0 Å². The van der Waals surface area contributed by atoms with Gasteiger partial charge >= 0.3 is 0 Å². The van der Waals surface area contributed by atoms with Gasteiger partial charge in [-0.2, -0.15) is 0 Å². The molecule has 0 aliphatic carbocycles. The Morgan fingerprint density at radius 2 is 1.95 bits per heavy atom. The van der Waals surface area contributed by atoms with E-state index in [0.29, 0.717) is 10.9 Å². The van der Waals surface area contributed by atoms with Crippen LogP contribution in [0.25, 0.3) is 11.0 Å². The zero-order valence-electron chi connectivity index (χ0n) is 11.7. The molecule has 4 heteroatoms. The van der Waals surface area contributed by atoms with E-state index in [1.165, 1.54) is 12.8 Å². The van der Waals surface area contributed by atoms with E-state index in [4.69, 9.17) is 23.2 Å². The maximum atomic E-state index is 6.27. The molecule has 0 fully saturated rings. The van der Waals surface area contributed by atoms with Crippen LogP contribution < -0.4 is 0 Å². The molecule has 0 spiro atoms. The van der Waals surface area contributed by atoms with Gasteiger partial charge in [-0.05, 0) is 31.0 Å². The van der Waals surface area contributed by atoms with E-state index >= 15 is 0 Å². The molecule has 2 nitrogen and oxygen atoms in total. The van der Waals surface area contributed by atoms with Gasteiger partial charge in [0.25, 0.3) is 0 Å². The average Bonchev–Trinajstić information content (AvgIpc) is 2.73. The lowest BCUT2D eigenvalue weighted by atomic mass is 10.0. The van der Waals surface area contributed by atoms with Gasteiger partial charge in [0.05, 0.1) is 16.4 Å². The van der Waals surface area contributed by atoms with Gasteiger partial charge in [-0.3, -0.25) is 0 Å². The zero-order chi connectivity index (χ0) is 14.0. The summed E-state index contributed by atoms with van der Waals surface area (Å²) in [5, 5.41) is 0.619. The van der Waals surface area contributed by atoms with Gasteiger partial charge in [-0.25, -0.2) is 4.98 Å². The molecular weight excluding hydrogens is 279 g/mol. The van der Waals surface area contributed by atoms with Crippen LogP contribution in [-0.2, 0) is 6.54 Å². The molecule has 2 rings (SSSR count). The second-order valence-electron chi connectivity index (χ2n) is 5.01. The Kier molecular flexibility index (Phi) is 4.75. The maximum Gasteiger partial charge on any atom is 0.127 e. The SMILES string of the molecule is CCC(CC)Cn1c(C(C)Cl)nc2cc(Cl)ccc21. The van der Waals surface area contributed by atoms with E-state index in [-0.39, 0.29) is 5.38 Å². The smallest absolute Gasteiger partial charge is 0.127 e. The highest BCUT2D eigenvalue weighted by atomic mass is 35.5. The molecule has 104 valence electrons. The summed E-state index contributed by atoms with van der Waals surface area (Å²) in [5.41, 5.74) is 2.06. The van der Waals surface area contributed by atoms with Crippen LogP contribution in [-0.4, -0.2) is 9.55 Å². The molecule has 0 amide bonds. The third kappa shape index (κ3) is 3.06. The summed E-state index contributed by atoms with van der Waals surface area (Å²) in [6.07, 6.45) is 2.33. The number of hydrogen-bond acceptors (Lipinski definition) is 1. The van der Waals surface area contributed by atoms with Gasteiger partial charge in [-0.15, -0.1) is 11.6 Å². The molecular formula is C15H20Cl2N2. The van der Waals surface area contributed by atoms with Crippen molar-refractivity contribution >= 4 is 34.2 Å². The fourth-order valence-electron chi connectivity index (χ4n) is 2.42. The number of aromatic nitrogens is 2. The number of fused-ring (bicyclic) bond motifs is 1. The van der Waals surface area contributed by atoms with Crippen LogP contribution >= 0.6 is 23.2 Å². The van der Waals surface area contributed by atoms with Crippen molar-refractivity contribution in [2.75, 3.05) is 0 Å². The van der Waals surface area contributed by atoms with Crippen molar-refractivity contribution in [3.63, 3.8) is 0 Å². The lowest BCUT2D eigenvalue weighted by Gasteiger charge is -2.17. The Balaban J connectivity index is 2.52. The van der Waals surface area contributed by atoms with E-state index in [1.807, 2.05) is 25.1 Å². The van der Waals surface area contributed by atoms with Crippen molar-refractivity contribution in [3.05, 3.63) is 29.0 Å². The number of imidazole rings is 1. The van der Waals surface area contributed by atoms with Crippen LogP contribution in [0.2, 0.25) is 5.02 Å². The molecule has 0 N–H and O–H groups in total. The summed E-state index contributed by atoms with van der Waals surface area (Å²) in [6.45, 7) is 7.40. The highest BCUT2D eigenvalue weighted by Gasteiger charge is 2.17. The molecule has 0 saturated carbocycles. The van der Waals surface area contributed by atoms with Crippen molar-refractivity contribution in [3.8, 4) is 0 Å². The van der Waals surface area contributed by atoms with Crippen molar-refractivity contribution in [2.45, 2.75) is 45.5 Å². The molecule has 1 aromatic heterocycles. The van der Waals surface area contributed by atoms with Gasteiger partial charge in [0.2, 0.25) is 0 Å². The van der Waals surface area contributed by atoms with Crippen LogP contribution in [0.1, 0.15) is 44.8 Å². The Labute approximate surface area is 124 Å². The average molecular weight is 299 g/mol. The topological polar surface area (TPSA) is 17.8 Å². The number of alkyl halides is 1. The molecule has 0 saturated heterocycles. The quantitative estimate of drug-likeness (QED) is 0.673. The largest absolute Gasteiger partial charge is 0.326 e. The molecule has 2 aromatic rings. The maximum absolute atomic E-state index is 6.27. The van der Waals surface area contributed by atoms with Crippen molar-refractivity contribution in [1.82, 2.24) is 9.55 Å². The second kappa shape index (κ2) is 6.15. The molecule has 0 aliphatic heterocycles. The van der Waals surface area contributed by atoms with E-state index in [0.717, 1.165) is 23.4 Å². The number of hydrogen-bond donors (Lipinski definition) is 0. The van der Waals surface area contributed by atoms with Gasteiger partial charge in [-0.1, -0.05) is 38.3 Å². The fourth-order valence-corrected chi connectivity index (χ4v) is 2.76. The number of nitrogens with zero attached hydrogens (tertiary/aromatic N) is 2. The van der Waals surface area contributed by atoms with Crippen LogP contribution in [0.3, 0.4) is 0 Å².